The van der Waals surface area contributed by atoms with E-state index in [-0.39, 0.29) is 31.3 Å². The Labute approximate surface area is 233 Å². The van der Waals surface area contributed by atoms with Crippen LogP contribution in [0.5, 0.6) is 0 Å². The zero-order chi connectivity index (χ0) is 28.0. The van der Waals surface area contributed by atoms with E-state index in [2.05, 4.69) is 22.1 Å². The molecule has 0 aliphatic rings. The van der Waals surface area contributed by atoms with Crippen molar-refractivity contribution in [3.8, 4) is 11.1 Å². The normalized spacial score (nSPS) is 12.4. The Hall–Kier alpha value is -3.57. The highest BCUT2D eigenvalue weighted by molar-refractivity contribution is 7.08. The van der Waals surface area contributed by atoms with Gasteiger partial charge in [-0.3, -0.25) is 14.4 Å². The molecule has 0 aliphatic heterocycles. The molecule has 9 nitrogen and oxygen atoms in total. The third kappa shape index (κ3) is 9.60. The number of benzene rings is 2. The molecule has 1 heterocycles. The first-order valence-electron chi connectivity index (χ1n) is 13.1. The molecule has 0 saturated carbocycles. The number of carbonyl (C=O) groups is 3. The monoisotopic (exact) mass is 550 g/mol. The van der Waals surface area contributed by atoms with Crippen LogP contribution in [0.15, 0.2) is 71.4 Å². The molecular weight excluding hydrogens is 512 g/mol. The molecule has 39 heavy (non-hydrogen) atoms. The number of nitrogens with one attached hydrogen (secondary N) is 2. The second-order valence-corrected chi connectivity index (χ2v) is 10.1. The fourth-order valence-corrected chi connectivity index (χ4v) is 4.81. The van der Waals surface area contributed by atoms with Gasteiger partial charge < -0.3 is 32.7 Å². The van der Waals surface area contributed by atoms with Gasteiger partial charge in [-0.15, -0.1) is 0 Å². The summed E-state index contributed by atoms with van der Waals surface area (Å²) in [5, 5.41) is 9.81. The van der Waals surface area contributed by atoms with Gasteiger partial charge in [0.2, 0.25) is 17.7 Å². The van der Waals surface area contributed by atoms with Crippen molar-refractivity contribution in [3.05, 3.63) is 82.6 Å². The summed E-state index contributed by atoms with van der Waals surface area (Å²) >= 11 is 1.64. The number of hydrogen-bond donors (Lipinski definition) is 5. The van der Waals surface area contributed by atoms with Gasteiger partial charge in [-0.05, 0) is 51.9 Å². The predicted molar refractivity (Wildman–Crippen MR) is 156 cm³/mol. The molecule has 0 bridgehead atoms. The zero-order valence-corrected chi connectivity index (χ0v) is 22.9. The van der Waals surface area contributed by atoms with Crippen molar-refractivity contribution < 1.29 is 14.4 Å². The van der Waals surface area contributed by atoms with Crippen LogP contribution in [0.2, 0.25) is 0 Å². The molecule has 1 aromatic heterocycles. The van der Waals surface area contributed by atoms with Crippen LogP contribution in [0.3, 0.4) is 0 Å². The Morgan fingerprint density at radius 1 is 0.846 bits per heavy atom. The zero-order valence-electron chi connectivity index (χ0n) is 22.1. The fourth-order valence-electron chi connectivity index (χ4n) is 4.14. The van der Waals surface area contributed by atoms with Crippen LogP contribution in [-0.2, 0) is 27.3 Å². The van der Waals surface area contributed by atoms with Crippen LogP contribution in [0, 0.1) is 0 Å². The Morgan fingerprint density at radius 2 is 1.54 bits per heavy atom. The molecule has 3 aromatic rings. The average Bonchev–Trinajstić information content (AvgIpc) is 3.49. The smallest absolute Gasteiger partial charge is 0.242 e. The summed E-state index contributed by atoms with van der Waals surface area (Å²) in [6, 6.07) is 17.9. The Balaban J connectivity index is 1.61. The summed E-state index contributed by atoms with van der Waals surface area (Å²) in [5.41, 5.74) is 21.5. The van der Waals surface area contributed by atoms with Gasteiger partial charge in [-0.1, -0.05) is 54.6 Å². The molecule has 0 saturated heterocycles. The Morgan fingerprint density at radius 3 is 2.15 bits per heavy atom. The number of hydrogen-bond acceptors (Lipinski definition) is 7. The van der Waals surface area contributed by atoms with E-state index in [9.17, 15) is 14.4 Å². The van der Waals surface area contributed by atoms with E-state index in [1.807, 2.05) is 60.0 Å². The second-order valence-electron chi connectivity index (χ2n) is 9.28. The van der Waals surface area contributed by atoms with Gasteiger partial charge >= 0.3 is 0 Å². The van der Waals surface area contributed by atoms with Gasteiger partial charge in [0.1, 0.15) is 6.04 Å². The number of nitrogens with zero attached hydrogens (tertiary/aromatic N) is 1. The summed E-state index contributed by atoms with van der Waals surface area (Å²) in [6.07, 6.45) is 0.768. The van der Waals surface area contributed by atoms with Crippen LogP contribution in [0.25, 0.3) is 11.1 Å². The number of aryl methyl sites for hydroxylation is 1. The largest absolute Gasteiger partial charge is 0.350 e. The number of amides is 3. The van der Waals surface area contributed by atoms with E-state index in [4.69, 9.17) is 17.2 Å². The molecule has 0 fully saturated rings. The highest BCUT2D eigenvalue weighted by Crippen LogP contribution is 2.22. The minimum Gasteiger partial charge on any atom is -0.350 e. The molecule has 0 aliphatic carbocycles. The van der Waals surface area contributed by atoms with Gasteiger partial charge in [-0.2, -0.15) is 11.3 Å². The fraction of sp³-hybridized carbons (Fsp3) is 0.345. The highest BCUT2D eigenvalue weighted by atomic mass is 32.1. The van der Waals surface area contributed by atoms with Crippen molar-refractivity contribution in [2.24, 2.45) is 17.2 Å². The number of nitrogens with two attached hydrogens (primary N) is 3. The van der Waals surface area contributed by atoms with E-state index in [1.165, 1.54) is 4.90 Å². The molecule has 8 N–H and O–H groups in total. The van der Waals surface area contributed by atoms with Crippen LogP contribution in [0.4, 0.5) is 0 Å². The summed E-state index contributed by atoms with van der Waals surface area (Å²) in [6.45, 7) is 1.55. The van der Waals surface area contributed by atoms with Gasteiger partial charge in [0, 0.05) is 32.7 Å². The summed E-state index contributed by atoms with van der Waals surface area (Å²) in [7, 11) is 0. The lowest BCUT2D eigenvalue weighted by Gasteiger charge is -2.24. The molecule has 3 rings (SSSR count). The lowest BCUT2D eigenvalue weighted by atomic mass is 10.0. The molecule has 0 spiro atoms. The maximum atomic E-state index is 13.2. The van der Waals surface area contributed by atoms with E-state index in [0.717, 1.165) is 22.3 Å². The van der Waals surface area contributed by atoms with Crippen molar-refractivity contribution in [2.45, 2.75) is 37.9 Å². The molecule has 208 valence electrons. The van der Waals surface area contributed by atoms with Crippen LogP contribution >= 0.6 is 11.3 Å². The van der Waals surface area contributed by atoms with Crippen molar-refractivity contribution in [2.75, 3.05) is 26.2 Å². The molecule has 0 radical (unpaired) electrons. The minimum atomic E-state index is -1.10. The maximum absolute atomic E-state index is 13.2. The third-order valence-corrected chi connectivity index (χ3v) is 7.04. The molecule has 2 atom stereocenters. The quantitative estimate of drug-likeness (QED) is 0.194. The van der Waals surface area contributed by atoms with Gasteiger partial charge in [0.05, 0.1) is 12.5 Å². The topological polar surface area (TPSA) is 157 Å². The maximum Gasteiger partial charge on any atom is 0.242 e. The predicted octanol–water partition coefficient (Wildman–Crippen LogP) is 1.61. The SMILES string of the molecule is NCCN(CCN)C(=O)C[C@H](N)C(=O)N[C@@H](CCc1ccccc1)C(=O)NCc1ccc(-c2ccsc2)cc1. The number of rotatable bonds is 15. The molecule has 3 amide bonds. The first-order valence-corrected chi connectivity index (χ1v) is 14.0. The second kappa shape index (κ2) is 15.7. The third-order valence-electron chi connectivity index (χ3n) is 6.35. The molecule has 10 heteroatoms. The van der Waals surface area contributed by atoms with Crippen molar-refractivity contribution >= 4 is 29.1 Å². The van der Waals surface area contributed by atoms with Crippen molar-refractivity contribution in [3.63, 3.8) is 0 Å². The number of thiophene rings is 1. The standard InChI is InChI=1S/C29H38N6O3S/c30-13-15-35(16-14-31)27(36)18-25(32)28(37)34-26(11-8-21-4-2-1-3-5-21)29(38)33-19-22-6-9-23(10-7-22)24-12-17-39-20-24/h1-7,9-10,12,17,20,25-26H,8,11,13-16,18-19,30-32H2,(H,33,38)(H,34,37)/t25-,26-/m0/s1. The van der Waals surface area contributed by atoms with Gasteiger partial charge in [0.15, 0.2) is 0 Å². The van der Waals surface area contributed by atoms with E-state index in [1.54, 1.807) is 11.3 Å². The summed E-state index contributed by atoms with van der Waals surface area (Å²) in [4.78, 5) is 40.2. The molecule has 2 aromatic carbocycles. The van der Waals surface area contributed by atoms with Crippen LogP contribution < -0.4 is 27.8 Å². The summed E-state index contributed by atoms with van der Waals surface area (Å²) < 4.78 is 0. The van der Waals surface area contributed by atoms with E-state index in [0.29, 0.717) is 32.5 Å². The lowest BCUT2D eigenvalue weighted by Crippen LogP contribution is -2.53. The number of carbonyl (C=O) groups excluding carboxylic acids is 3. The molecule has 0 unspecified atom stereocenters. The molecular formula is C29H38N6O3S. The minimum absolute atomic E-state index is 0.199. The summed E-state index contributed by atoms with van der Waals surface area (Å²) in [5.74, 6) is -1.17. The lowest BCUT2D eigenvalue weighted by molar-refractivity contribution is -0.135. The van der Waals surface area contributed by atoms with Crippen molar-refractivity contribution in [1.82, 2.24) is 15.5 Å². The van der Waals surface area contributed by atoms with E-state index < -0.39 is 18.0 Å². The van der Waals surface area contributed by atoms with Crippen molar-refractivity contribution in [1.29, 1.82) is 0 Å². The Kier molecular flexibility index (Phi) is 12.1. The van der Waals surface area contributed by atoms with Crippen LogP contribution in [-0.4, -0.2) is 60.9 Å². The Bertz CT molecular complexity index is 1170. The van der Waals surface area contributed by atoms with Crippen LogP contribution in [0.1, 0.15) is 24.0 Å². The van der Waals surface area contributed by atoms with E-state index >= 15 is 0 Å². The first-order chi connectivity index (χ1) is 18.9. The van der Waals surface area contributed by atoms with Gasteiger partial charge in [-0.25, -0.2) is 0 Å². The first kappa shape index (κ1) is 30.0. The average molecular weight is 551 g/mol. The highest BCUT2D eigenvalue weighted by Gasteiger charge is 2.26. The van der Waals surface area contributed by atoms with Gasteiger partial charge in [0.25, 0.3) is 0 Å².